The molecule has 39 heavy (non-hydrogen) atoms. The van der Waals surface area contributed by atoms with Crippen molar-refractivity contribution >= 4 is 32.5 Å². The summed E-state index contributed by atoms with van der Waals surface area (Å²) in [4.78, 5) is 27.3. The van der Waals surface area contributed by atoms with Crippen molar-refractivity contribution in [3.8, 4) is 17.1 Å². The first kappa shape index (κ1) is 25.8. The predicted molar refractivity (Wildman–Crippen MR) is 131 cm³/mol. The van der Waals surface area contributed by atoms with Crippen molar-refractivity contribution in [2.45, 2.75) is 4.90 Å². The molecule has 5 rings (SSSR count). The van der Waals surface area contributed by atoms with Gasteiger partial charge in [0.1, 0.15) is 28.0 Å². The number of fused-ring (bicyclic) bond motifs is 1. The molecule has 0 saturated carbocycles. The number of aromatic nitrogens is 4. The Labute approximate surface area is 217 Å². The second-order valence-electron chi connectivity index (χ2n) is 8.07. The SMILES string of the molecule is COc1ncc(-c2cnc3[nH]cc(C(=O)c4c(F)ccc(NS(=O)(=O)c5ccc(F)cc5F)c4F)c3c2)cn1. The number of ether oxygens (including phenoxy) is 1. The van der Waals surface area contributed by atoms with E-state index in [-0.39, 0.29) is 22.6 Å². The Balaban J connectivity index is 1.53. The lowest BCUT2D eigenvalue weighted by Crippen LogP contribution is -2.17. The van der Waals surface area contributed by atoms with Crippen LogP contribution in [0.25, 0.3) is 22.2 Å². The zero-order valence-corrected chi connectivity index (χ0v) is 20.5. The molecule has 2 N–H and O–H groups in total. The van der Waals surface area contributed by atoms with E-state index in [4.69, 9.17) is 4.74 Å². The number of carbonyl (C=O) groups is 1. The van der Waals surface area contributed by atoms with Crippen LogP contribution in [0, 0.1) is 23.3 Å². The van der Waals surface area contributed by atoms with E-state index in [0.717, 1.165) is 6.07 Å². The minimum atomic E-state index is -4.77. The molecule has 2 aromatic carbocycles. The number of H-pyrrole nitrogens is 1. The number of nitrogens with one attached hydrogen (secondary N) is 2. The molecule has 0 bridgehead atoms. The number of pyridine rings is 1. The average molecular weight is 557 g/mol. The zero-order chi connectivity index (χ0) is 27.9. The number of methoxy groups -OCH3 is 1. The number of ketones is 1. The number of halogens is 4. The Morgan fingerprint density at radius 2 is 1.64 bits per heavy atom. The van der Waals surface area contributed by atoms with E-state index in [1.54, 1.807) is 4.72 Å². The van der Waals surface area contributed by atoms with Crippen LogP contribution in [0.2, 0.25) is 0 Å². The number of carbonyl (C=O) groups excluding carboxylic acids is 1. The van der Waals surface area contributed by atoms with E-state index in [1.165, 1.54) is 38.0 Å². The first-order valence-electron chi connectivity index (χ1n) is 10.9. The molecule has 0 aliphatic heterocycles. The number of hydrogen-bond donors (Lipinski definition) is 2. The second kappa shape index (κ2) is 9.79. The Hall–Kier alpha value is -4.85. The van der Waals surface area contributed by atoms with Gasteiger partial charge in [-0.25, -0.2) is 40.9 Å². The summed E-state index contributed by atoms with van der Waals surface area (Å²) in [6, 6.07) is 4.77. The molecule has 0 amide bonds. The predicted octanol–water partition coefficient (Wildman–Crippen LogP) is 4.62. The van der Waals surface area contributed by atoms with Crippen molar-refractivity contribution in [2.24, 2.45) is 0 Å². The Morgan fingerprint density at radius 1 is 0.923 bits per heavy atom. The first-order valence-corrected chi connectivity index (χ1v) is 12.4. The minimum Gasteiger partial charge on any atom is -0.467 e. The largest absolute Gasteiger partial charge is 0.467 e. The molecule has 3 aromatic heterocycles. The maximum absolute atomic E-state index is 15.4. The van der Waals surface area contributed by atoms with E-state index in [2.05, 4.69) is 19.9 Å². The maximum Gasteiger partial charge on any atom is 0.316 e. The normalized spacial score (nSPS) is 11.5. The van der Waals surface area contributed by atoms with Crippen LogP contribution >= 0.6 is 0 Å². The van der Waals surface area contributed by atoms with Crippen molar-refractivity contribution in [1.82, 2.24) is 19.9 Å². The molecule has 9 nitrogen and oxygen atoms in total. The molecule has 0 atom stereocenters. The van der Waals surface area contributed by atoms with Gasteiger partial charge in [-0.3, -0.25) is 9.52 Å². The minimum absolute atomic E-state index is 0.133. The van der Waals surface area contributed by atoms with Crippen molar-refractivity contribution < 1.29 is 35.5 Å². The molecule has 0 fully saturated rings. The van der Waals surface area contributed by atoms with Gasteiger partial charge in [0.05, 0.1) is 18.4 Å². The third-order valence-electron chi connectivity index (χ3n) is 5.67. The summed E-state index contributed by atoms with van der Waals surface area (Å²) in [5.41, 5.74) is -0.794. The van der Waals surface area contributed by atoms with E-state index in [0.29, 0.717) is 35.4 Å². The fourth-order valence-corrected chi connectivity index (χ4v) is 4.91. The molecule has 5 aromatic rings. The van der Waals surface area contributed by atoms with Crippen LogP contribution in [-0.2, 0) is 10.0 Å². The summed E-state index contributed by atoms with van der Waals surface area (Å²) in [6.07, 6.45) is 5.60. The molecule has 0 unspecified atom stereocenters. The number of benzene rings is 2. The standard InChI is InChI=1S/C25H15F4N5O4S/c1-38-25-32-9-13(10-33-25)12-6-15-16(11-31-24(15)30-8-12)23(35)21-17(27)3-4-19(22(21)29)34-39(36,37)20-5-2-14(26)7-18(20)28/h2-11,34H,1H3,(H,30,31). The highest BCUT2D eigenvalue weighted by Crippen LogP contribution is 2.30. The van der Waals surface area contributed by atoms with Crippen molar-refractivity contribution in [2.75, 3.05) is 11.8 Å². The number of sulfonamides is 1. The van der Waals surface area contributed by atoms with Crippen LogP contribution in [0.1, 0.15) is 15.9 Å². The molecule has 3 heterocycles. The summed E-state index contributed by atoms with van der Waals surface area (Å²) in [5, 5.41) is 0.214. The van der Waals surface area contributed by atoms with Gasteiger partial charge in [-0.15, -0.1) is 0 Å². The lowest BCUT2D eigenvalue weighted by Gasteiger charge is -2.12. The third kappa shape index (κ3) is 4.77. The van der Waals surface area contributed by atoms with Gasteiger partial charge < -0.3 is 9.72 Å². The van der Waals surface area contributed by atoms with Crippen LogP contribution in [0.5, 0.6) is 6.01 Å². The Bertz CT molecular complexity index is 1860. The molecule has 198 valence electrons. The van der Waals surface area contributed by atoms with Crippen LogP contribution in [-0.4, -0.2) is 41.2 Å². The van der Waals surface area contributed by atoms with Gasteiger partial charge in [0.15, 0.2) is 5.82 Å². The molecule has 0 radical (unpaired) electrons. The fourth-order valence-electron chi connectivity index (χ4n) is 3.79. The zero-order valence-electron chi connectivity index (χ0n) is 19.7. The Morgan fingerprint density at radius 3 is 2.33 bits per heavy atom. The highest BCUT2D eigenvalue weighted by atomic mass is 32.2. The van der Waals surface area contributed by atoms with Gasteiger partial charge >= 0.3 is 6.01 Å². The molecule has 0 spiro atoms. The van der Waals surface area contributed by atoms with Gasteiger partial charge in [-0.05, 0) is 30.3 Å². The third-order valence-corrected chi connectivity index (χ3v) is 7.06. The van der Waals surface area contributed by atoms with Crippen LogP contribution in [0.15, 0.2) is 66.1 Å². The van der Waals surface area contributed by atoms with Crippen LogP contribution < -0.4 is 9.46 Å². The molecular weight excluding hydrogens is 542 g/mol. The quantitative estimate of drug-likeness (QED) is 0.221. The smallest absolute Gasteiger partial charge is 0.316 e. The second-order valence-corrected chi connectivity index (χ2v) is 9.73. The van der Waals surface area contributed by atoms with Crippen LogP contribution in [0.3, 0.4) is 0 Å². The van der Waals surface area contributed by atoms with Gasteiger partial charge in [0.2, 0.25) is 5.78 Å². The van der Waals surface area contributed by atoms with Crippen LogP contribution in [0.4, 0.5) is 23.2 Å². The van der Waals surface area contributed by atoms with Gasteiger partial charge in [-0.2, -0.15) is 0 Å². The molecule has 0 saturated heterocycles. The number of aromatic amines is 1. The highest BCUT2D eigenvalue weighted by Gasteiger charge is 2.27. The summed E-state index contributed by atoms with van der Waals surface area (Å²) in [7, 11) is -3.37. The summed E-state index contributed by atoms with van der Waals surface area (Å²) in [5.74, 6) is -6.37. The van der Waals surface area contributed by atoms with E-state index < -0.39 is 55.2 Å². The maximum atomic E-state index is 15.4. The van der Waals surface area contributed by atoms with Crippen molar-refractivity contribution in [1.29, 1.82) is 0 Å². The number of hydrogen-bond acceptors (Lipinski definition) is 7. The molecule has 0 aliphatic rings. The van der Waals surface area contributed by atoms with Gasteiger partial charge in [-0.1, -0.05) is 0 Å². The topological polar surface area (TPSA) is 127 Å². The molecular formula is C25H15F4N5O4S. The summed E-state index contributed by atoms with van der Waals surface area (Å²) >= 11 is 0. The van der Waals surface area contributed by atoms with Gasteiger partial charge in [0, 0.05) is 52.9 Å². The summed E-state index contributed by atoms with van der Waals surface area (Å²) < 4.78 is 89.4. The van der Waals surface area contributed by atoms with E-state index in [9.17, 15) is 26.4 Å². The van der Waals surface area contributed by atoms with E-state index >= 15 is 4.39 Å². The van der Waals surface area contributed by atoms with E-state index in [1.807, 2.05) is 0 Å². The fraction of sp³-hybridized carbons (Fsp3) is 0.0400. The number of nitrogens with zero attached hydrogens (tertiary/aromatic N) is 3. The first-order chi connectivity index (χ1) is 18.6. The monoisotopic (exact) mass is 557 g/mol. The summed E-state index contributed by atoms with van der Waals surface area (Å²) in [6.45, 7) is 0. The van der Waals surface area contributed by atoms with Crippen molar-refractivity contribution in [3.05, 3.63) is 95.6 Å². The molecule has 0 aliphatic carbocycles. The highest BCUT2D eigenvalue weighted by molar-refractivity contribution is 7.92. The number of anilines is 1. The molecule has 14 heteroatoms. The Kier molecular flexibility index (Phi) is 6.48. The lowest BCUT2D eigenvalue weighted by atomic mass is 10.0. The van der Waals surface area contributed by atoms with Crippen molar-refractivity contribution in [3.63, 3.8) is 0 Å². The van der Waals surface area contributed by atoms with Gasteiger partial charge in [0.25, 0.3) is 10.0 Å². The number of rotatable bonds is 7. The average Bonchev–Trinajstić information content (AvgIpc) is 3.33. The lowest BCUT2D eigenvalue weighted by molar-refractivity contribution is 0.103.